The summed E-state index contributed by atoms with van der Waals surface area (Å²) in [5, 5.41) is 3.01. The van der Waals surface area contributed by atoms with Crippen LogP contribution < -0.4 is 10.1 Å². The molecule has 0 aliphatic rings. The van der Waals surface area contributed by atoms with E-state index in [0.717, 1.165) is 27.6 Å². The molecule has 0 heterocycles. The highest BCUT2D eigenvalue weighted by atomic mass is 79.9. The van der Waals surface area contributed by atoms with E-state index in [0.29, 0.717) is 17.7 Å². The van der Waals surface area contributed by atoms with Gasteiger partial charge in [-0.05, 0) is 62.1 Å². The first-order valence-corrected chi connectivity index (χ1v) is 13.3. The first kappa shape index (κ1) is 28.4. The number of aryl methyl sites for hydroxylation is 2. The van der Waals surface area contributed by atoms with Crippen LogP contribution in [0.1, 0.15) is 42.5 Å². The lowest BCUT2D eigenvalue weighted by Gasteiger charge is -2.32. The minimum absolute atomic E-state index is 0.0569. The van der Waals surface area contributed by atoms with Gasteiger partial charge in [-0.15, -0.1) is 0 Å². The molecular weight excluding hydrogens is 535 g/mol. The molecule has 5 nitrogen and oxygen atoms in total. The number of carbonyl (C=O) groups is 2. The maximum Gasteiger partial charge on any atom is 0.261 e. The van der Waals surface area contributed by atoms with E-state index in [1.165, 1.54) is 11.0 Å². The first-order chi connectivity index (χ1) is 17.7. The Morgan fingerprint density at radius 3 is 2.27 bits per heavy atom. The summed E-state index contributed by atoms with van der Waals surface area (Å²) in [5.41, 5.74) is 3.21. The van der Waals surface area contributed by atoms with Crippen molar-refractivity contribution in [3.63, 3.8) is 0 Å². The molecule has 0 aliphatic carbocycles. The Kier molecular flexibility index (Phi) is 10.3. The second-order valence-corrected chi connectivity index (χ2v) is 10.1. The van der Waals surface area contributed by atoms with Gasteiger partial charge >= 0.3 is 0 Å². The predicted octanol–water partition coefficient (Wildman–Crippen LogP) is 6.14. The van der Waals surface area contributed by atoms with Gasteiger partial charge in [0.2, 0.25) is 5.91 Å². The summed E-state index contributed by atoms with van der Waals surface area (Å²) in [7, 11) is 0. The average Bonchev–Trinajstić information content (AvgIpc) is 2.89. The van der Waals surface area contributed by atoms with Gasteiger partial charge < -0.3 is 15.0 Å². The fourth-order valence-electron chi connectivity index (χ4n) is 4.02. The number of carbonyl (C=O) groups excluding carboxylic acids is 2. The second kappa shape index (κ2) is 13.4. The lowest BCUT2D eigenvalue weighted by molar-refractivity contribution is -0.143. The SMILES string of the molecule is CC[C@@H](C)NC(=O)[C@H](Cc1ccccc1)N(Cc1ccccc1F)C(=O)COc1cc(C)c(Br)c(C)c1. The zero-order chi connectivity index (χ0) is 26.9. The van der Waals surface area contributed by atoms with Crippen LogP contribution in [0.25, 0.3) is 0 Å². The molecule has 0 unspecified atom stereocenters. The largest absolute Gasteiger partial charge is 0.484 e. The Labute approximate surface area is 227 Å². The van der Waals surface area contributed by atoms with E-state index < -0.39 is 17.8 Å². The summed E-state index contributed by atoms with van der Waals surface area (Å²) in [6, 6.07) is 18.6. The number of ether oxygens (including phenoxy) is 1. The van der Waals surface area contributed by atoms with E-state index in [1.54, 1.807) is 18.2 Å². The summed E-state index contributed by atoms with van der Waals surface area (Å²) in [4.78, 5) is 28.6. The molecule has 3 aromatic carbocycles. The van der Waals surface area contributed by atoms with E-state index in [4.69, 9.17) is 4.74 Å². The molecular formula is C30H34BrFN2O3. The van der Waals surface area contributed by atoms with Crippen LogP contribution in [-0.4, -0.2) is 35.4 Å². The third-order valence-corrected chi connectivity index (χ3v) is 7.59. The van der Waals surface area contributed by atoms with E-state index >= 15 is 0 Å². The number of nitrogens with zero attached hydrogens (tertiary/aromatic N) is 1. The molecule has 1 N–H and O–H groups in total. The Hall–Kier alpha value is -3.19. The Morgan fingerprint density at radius 2 is 1.65 bits per heavy atom. The normalized spacial score (nSPS) is 12.5. The van der Waals surface area contributed by atoms with Crippen molar-refractivity contribution in [2.45, 2.75) is 59.2 Å². The van der Waals surface area contributed by atoms with Crippen molar-refractivity contribution in [3.8, 4) is 5.75 Å². The molecule has 2 atom stereocenters. The van der Waals surface area contributed by atoms with Crippen LogP contribution in [0.5, 0.6) is 5.75 Å². The van der Waals surface area contributed by atoms with Gasteiger partial charge in [-0.2, -0.15) is 0 Å². The Bertz CT molecular complexity index is 1200. The average molecular weight is 570 g/mol. The molecule has 0 aromatic heterocycles. The fraction of sp³-hybridized carbons (Fsp3) is 0.333. The fourth-order valence-corrected chi connectivity index (χ4v) is 4.25. The Morgan fingerprint density at radius 1 is 1.03 bits per heavy atom. The van der Waals surface area contributed by atoms with Gasteiger partial charge in [0.1, 0.15) is 17.6 Å². The molecule has 37 heavy (non-hydrogen) atoms. The van der Waals surface area contributed by atoms with Crippen LogP contribution >= 0.6 is 15.9 Å². The van der Waals surface area contributed by atoms with E-state index in [1.807, 2.05) is 70.2 Å². The van der Waals surface area contributed by atoms with E-state index in [2.05, 4.69) is 21.2 Å². The van der Waals surface area contributed by atoms with Crippen LogP contribution in [0.2, 0.25) is 0 Å². The highest BCUT2D eigenvalue weighted by Crippen LogP contribution is 2.26. The highest BCUT2D eigenvalue weighted by Gasteiger charge is 2.31. The molecule has 7 heteroatoms. The van der Waals surface area contributed by atoms with Crippen molar-refractivity contribution in [3.05, 3.63) is 99.3 Å². The van der Waals surface area contributed by atoms with Crippen LogP contribution in [0, 0.1) is 19.7 Å². The van der Waals surface area contributed by atoms with Crippen molar-refractivity contribution in [1.82, 2.24) is 10.2 Å². The third-order valence-electron chi connectivity index (χ3n) is 6.34. The number of hydrogen-bond donors (Lipinski definition) is 1. The molecule has 0 spiro atoms. The monoisotopic (exact) mass is 568 g/mol. The molecule has 2 amide bonds. The molecule has 0 fully saturated rings. The molecule has 0 bridgehead atoms. The van der Waals surface area contributed by atoms with Crippen molar-refractivity contribution >= 4 is 27.7 Å². The molecule has 0 aliphatic heterocycles. The number of rotatable bonds is 11. The number of amides is 2. The van der Waals surface area contributed by atoms with Crippen molar-refractivity contribution in [2.75, 3.05) is 6.61 Å². The molecule has 0 radical (unpaired) electrons. The standard InChI is InChI=1S/C30H34BrFN2O3/c1-5-22(4)33-30(36)27(17-23-11-7-6-8-12-23)34(18-24-13-9-10-14-26(24)32)28(35)19-37-25-15-20(2)29(31)21(3)16-25/h6-16,22,27H,5,17-19H2,1-4H3,(H,33,36)/t22-,27+/m1/s1. The van der Waals surface area contributed by atoms with Crippen LogP contribution in [0.3, 0.4) is 0 Å². The summed E-state index contributed by atoms with van der Waals surface area (Å²) in [6.45, 7) is 7.46. The minimum atomic E-state index is -0.847. The molecule has 196 valence electrons. The summed E-state index contributed by atoms with van der Waals surface area (Å²) in [6.07, 6.45) is 1.04. The number of nitrogens with one attached hydrogen (secondary N) is 1. The minimum Gasteiger partial charge on any atom is -0.484 e. The maximum atomic E-state index is 14.7. The molecule has 0 saturated heterocycles. The van der Waals surface area contributed by atoms with Crippen molar-refractivity contribution < 1.29 is 18.7 Å². The second-order valence-electron chi connectivity index (χ2n) is 9.30. The third kappa shape index (κ3) is 7.89. The van der Waals surface area contributed by atoms with Crippen LogP contribution in [0.4, 0.5) is 4.39 Å². The zero-order valence-corrected chi connectivity index (χ0v) is 23.3. The van der Waals surface area contributed by atoms with Gasteiger partial charge in [0, 0.05) is 29.0 Å². The van der Waals surface area contributed by atoms with Gasteiger partial charge in [0.15, 0.2) is 6.61 Å². The zero-order valence-electron chi connectivity index (χ0n) is 21.8. The van der Waals surface area contributed by atoms with Gasteiger partial charge in [-0.25, -0.2) is 4.39 Å². The lowest BCUT2D eigenvalue weighted by atomic mass is 10.0. The van der Waals surface area contributed by atoms with E-state index in [-0.39, 0.29) is 25.1 Å². The lowest BCUT2D eigenvalue weighted by Crippen LogP contribution is -2.53. The maximum absolute atomic E-state index is 14.7. The number of benzene rings is 3. The van der Waals surface area contributed by atoms with Gasteiger partial charge in [-0.3, -0.25) is 9.59 Å². The number of halogens is 2. The first-order valence-electron chi connectivity index (χ1n) is 12.5. The topological polar surface area (TPSA) is 58.6 Å². The Balaban J connectivity index is 1.94. The van der Waals surface area contributed by atoms with Gasteiger partial charge in [0.25, 0.3) is 5.91 Å². The van der Waals surface area contributed by atoms with Crippen LogP contribution in [-0.2, 0) is 22.6 Å². The molecule has 3 aromatic rings. The highest BCUT2D eigenvalue weighted by molar-refractivity contribution is 9.10. The van der Waals surface area contributed by atoms with Crippen molar-refractivity contribution in [1.29, 1.82) is 0 Å². The summed E-state index contributed by atoms with van der Waals surface area (Å²) >= 11 is 3.54. The van der Waals surface area contributed by atoms with E-state index in [9.17, 15) is 14.0 Å². The molecule has 3 rings (SSSR count). The summed E-state index contributed by atoms with van der Waals surface area (Å²) < 4.78 is 21.5. The smallest absolute Gasteiger partial charge is 0.261 e. The molecule has 0 saturated carbocycles. The van der Waals surface area contributed by atoms with Crippen molar-refractivity contribution in [2.24, 2.45) is 0 Å². The quantitative estimate of drug-likeness (QED) is 0.302. The van der Waals surface area contributed by atoms with Gasteiger partial charge in [-0.1, -0.05) is 71.4 Å². The van der Waals surface area contributed by atoms with Crippen LogP contribution in [0.15, 0.2) is 71.2 Å². The summed E-state index contributed by atoms with van der Waals surface area (Å²) in [5.74, 6) is -0.554. The predicted molar refractivity (Wildman–Crippen MR) is 148 cm³/mol. The van der Waals surface area contributed by atoms with Gasteiger partial charge in [0.05, 0.1) is 0 Å². The number of hydrogen-bond acceptors (Lipinski definition) is 3.